The lowest BCUT2D eigenvalue weighted by Crippen LogP contribution is -2.35. The minimum Gasteiger partial charge on any atom is -0.465 e. The number of piperidine rings is 1. The number of nitrogens with zero attached hydrogens (tertiary/aromatic N) is 2. The van der Waals surface area contributed by atoms with E-state index in [1.165, 1.54) is 41.3 Å². The van der Waals surface area contributed by atoms with E-state index < -0.39 is 23.6 Å². The van der Waals surface area contributed by atoms with Gasteiger partial charge in [0.25, 0.3) is 5.91 Å². The van der Waals surface area contributed by atoms with E-state index in [1.54, 1.807) is 6.07 Å². The Bertz CT molecular complexity index is 887. The van der Waals surface area contributed by atoms with E-state index in [2.05, 4.69) is 10.3 Å². The summed E-state index contributed by atoms with van der Waals surface area (Å²) in [6.45, 7) is 0.470. The summed E-state index contributed by atoms with van der Waals surface area (Å²) in [7, 11) is 0. The molecule has 0 atom stereocenters. The molecule has 0 aliphatic carbocycles. The predicted molar refractivity (Wildman–Crippen MR) is 95.5 cm³/mol. The van der Waals surface area contributed by atoms with E-state index >= 15 is 0 Å². The topological polar surface area (TPSA) is 82.5 Å². The molecule has 0 bridgehead atoms. The highest BCUT2D eigenvalue weighted by Gasteiger charge is 2.21. The number of benzene rings is 1. The maximum atomic E-state index is 14.7. The second-order valence-electron chi connectivity index (χ2n) is 6.06. The fraction of sp³-hybridized carbons (Fsp3) is 0.211. The zero-order valence-corrected chi connectivity index (χ0v) is 14.3. The normalized spacial score (nSPS) is 14.0. The fourth-order valence-corrected chi connectivity index (χ4v) is 2.78. The Balaban J connectivity index is 1.73. The van der Waals surface area contributed by atoms with Crippen LogP contribution in [0.4, 0.5) is 19.4 Å². The largest absolute Gasteiger partial charge is 0.465 e. The summed E-state index contributed by atoms with van der Waals surface area (Å²) in [4.78, 5) is 28.5. The van der Waals surface area contributed by atoms with E-state index in [9.17, 15) is 18.4 Å². The van der Waals surface area contributed by atoms with E-state index in [-0.39, 0.29) is 30.2 Å². The molecule has 0 saturated carbocycles. The number of likely N-dealkylation sites (tertiary alicyclic amines) is 1. The second kappa shape index (κ2) is 7.94. The second-order valence-corrected chi connectivity index (χ2v) is 6.06. The van der Waals surface area contributed by atoms with Crippen LogP contribution in [0.3, 0.4) is 0 Å². The molecule has 1 aliphatic heterocycles. The quantitative estimate of drug-likeness (QED) is 0.854. The summed E-state index contributed by atoms with van der Waals surface area (Å²) in [6.07, 6.45) is -0.420. The minimum absolute atomic E-state index is 0.0747. The zero-order valence-electron chi connectivity index (χ0n) is 14.3. The predicted octanol–water partition coefficient (Wildman–Crippen LogP) is 3.93. The van der Waals surface area contributed by atoms with Gasteiger partial charge in [0.15, 0.2) is 0 Å². The van der Waals surface area contributed by atoms with Crippen LogP contribution < -0.4 is 5.32 Å². The first kappa shape index (κ1) is 18.5. The van der Waals surface area contributed by atoms with Crippen LogP contribution in [0.15, 0.2) is 48.0 Å². The van der Waals surface area contributed by atoms with Crippen LogP contribution in [0.1, 0.15) is 28.9 Å². The lowest BCUT2D eigenvalue weighted by Gasteiger charge is -2.26. The molecule has 1 aromatic carbocycles. The Hall–Kier alpha value is -3.29. The van der Waals surface area contributed by atoms with Gasteiger partial charge in [-0.05, 0) is 54.8 Å². The molecule has 1 aliphatic rings. The van der Waals surface area contributed by atoms with Gasteiger partial charge in [-0.25, -0.2) is 18.6 Å². The van der Waals surface area contributed by atoms with Crippen molar-refractivity contribution in [1.82, 2.24) is 9.88 Å². The number of halogens is 2. The van der Waals surface area contributed by atoms with Crippen molar-refractivity contribution in [2.45, 2.75) is 12.8 Å². The highest BCUT2D eigenvalue weighted by atomic mass is 19.1. The maximum Gasteiger partial charge on any atom is 0.407 e. The molecular weight excluding hydrogens is 356 g/mol. The molecule has 3 rings (SSSR count). The van der Waals surface area contributed by atoms with Gasteiger partial charge in [0, 0.05) is 18.7 Å². The Labute approximate surface area is 154 Å². The van der Waals surface area contributed by atoms with Gasteiger partial charge in [-0.3, -0.25) is 4.79 Å². The van der Waals surface area contributed by atoms with Crippen molar-refractivity contribution >= 4 is 23.6 Å². The first-order valence-electron chi connectivity index (χ1n) is 8.34. The third-order valence-corrected chi connectivity index (χ3v) is 4.27. The number of carboxylic acid groups (broad SMARTS) is 1. The molecule has 6 nitrogen and oxygen atoms in total. The molecule has 1 aromatic heterocycles. The van der Waals surface area contributed by atoms with Gasteiger partial charge in [0.1, 0.15) is 23.2 Å². The average Bonchev–Trinajstić information content (AvgIpc) is 2.68. The lowest BCUT2D eigenvalue weighted by molar-refractivity contribution is 0.102. The number of carbonyl (C=O) groups excluding carboxylic acids is 1. The van der Waals surface area contributed by atoms with Crippen LogP contribution in [0.25, 0.3) is 5.83 Å². The third-order valence-electron chi connectivity index (χ3n) is 4.27. The molecule has 140 valence electrons. The van der Waals surface area contributed by atoms with E-state index in [0.717, 1.165) is 0 Å². The van der Waals surface area contributed by atoms with Crippen molar-refractivity contribution in [2.75, 3.05) is 18.4 Å². The van der Waals surface area contributed by atoms with Crippen LogP contribution in [0, 0.1) is 5.82 Å². The van der Waals surface area contributed by atoms with Crippen molar-refractivity contribution in [1.29, 1.82) is 0 Å². The Morgan fingerprint density at radius 3 is 2.37 bits per heavy atom. The van der Waals surface area contributed by atoms with Crippen molar-refractivity contribution < 1.29 is 23.5 Å². The van der Waals surface area contributed by atoms with E-state index in [1.807, 2.05) is 0 Å². The molecule has 2 N–H and O–H groups in total. The molecule has 8 heteroatoms. The maximum absolute atomic E-state index is 14.7. The average molecular weight is 373 g/mol. The molecule has 0 radical (unpaired) electrons. The van der Waals surface area contributed by atoms with Gasteiger partial charge >= 0.3 is 6.09 Å². The third kappa shape index (κ3) is 4.46. The molecule has 1 fully saturated rings. The molecule has 0 spiro atoms. The molecular formula is C19H17F2N3O3. The number of hydrogen-bond donors (Lipinski definition) is 2. The minimum atomic E-state index is -1.02. The first-order valence-corrected chi connectivity index (χ1v) is 8.34. The summed E-state index contributed by atoms with van der Waals surface area (Å²) in [5, 5.41) is 11.5. The molecule has 2 heterocycles. The number of aromatic nitrogens is 1. The fourth-order valence-electron chi connectivity index (χ4n) is 2.78. The Kier molecular flexibility index (Phi) is 5.44. The highest BCUT2D eigenvalue weighted by molar-refractivity contribution is 6.03. The van der Waals surface area contributed by atoms with Gasteiger partial charge < -0.3 is 15.3 Å². The van der Waals surface area contributed by atoms with E-state index in [0.29, 0.717) is 18.4 Å². The molecule has 2 amide bonds. The van der Waals surface area contributed by atoms with Crippen molar-refractivity contribution in [2.24, 2.45) is 0 Å². The number of nitrogens with one attached hydrogen (secondary N) is 1. The van der Waals surface area contributed by atoms with Gasteiger partial charge in [-0.15, -0.1) is 0 Å². The van der Waals surface area contributed by atoms with Crippen LogP contribution in [-0.2, 0) is 0 Å². The van der Waals surface area contributed by atoms with Gasteiger partial charge in [-0.1, -0.05) is 6.07 Å². The first-order chi connectivity index (χ1) is 12.9. The number of anilines is 1. The Morgan fingerprint density at radius 1 is 1.07 bits per heavy atom. The number of hydrogen-bond acceptors (Lipinski definition) is 3. The summed E-state index contributed by atoms with van der Waals surface area (Å²) >= 11 is 0. The number of carbonyl (C=O) groups is 2. The van der Waals surface area contributed by atoms with Gasteiger partial charge in [0.05, 0.1) is 0 Å². The van der Waals surface area contributed by atoms with Crippen LogP contribution in [0.5, 0.6) is 0 Å². The summed E-state index contributed by atoms with van der Waals surface area (Å²) in [6, 6.07) is 9.60. The number of pyridine rings is 1. The van der Waals surface area contributed by atoms with Crippen LogP contribution in [0.2, 0.25) is 0 Å². The number of amides is 2. The lowest BCUT2D eigenvalue weighted by atomic mass is 10.0. The monoisotopic (exact) mass is 373 g/mol. The molecule has 2 aromatic rings. The van der Waals surface area contributed by atoms with Crippen molar-refractivity contribution in [3.8, 4) is 0 Å². The Morgan fingerprint density at radius 2 is 1.74 bits per heavy atom. The zero-order chi connectivity index (χ0) is 19.4. The summed E-state index contributed by atoms with van der Waals surface area (Å²) in [5.74, 6) is -1.27. The summed E-state index contributed by atoms with van der Waals surface area (Å²) < 4.78 is 27.7. The smallest absolute Gasteiger partial charge is 0.407 e. The molecule has 1 saturated heterocycles. The molecule has 0 unspecified atom stereocenters. The summed E-state index contributed by atoms with van der Waals surface area (Å²) in [5.41, 5.74) is 0.830. The highest BCUT2D eigenvalue weighted by Crippen LogP contribution is 2.27. The van der Waals surface area contributed by atoms with Crippen LogP contribution in [-0.4, -0.2) is 40.1 Å². The van der Waals surface area contributed by atoms with Gasteiger partial charge in [-0.2, -0.15) is 0 Å². The van der Waals surface area contributed by atoms with Crippen molar-refractivity contribution in [3.63, 3.8) is 0 Å². The van der Waals surface area contributed by atoms with Gasteiger partial charge in [0.2, 0.25) is 0 Å². The number of rotatable bonds is 3. The molecule has 27 heavy (non-hydrogen) atoms. The van der Waals surface area contributed by atoms with Crippen LogP contribution >= 0.6 is 0 Å². The standard InChI is InChI=1S/C19H17F2N3O3/c20-14-6-4-13(5-7-14)18(25)23-16-3-1-2-15(22-16)17(21)12-8-10-24(11-9-12)19(26)27/h1-7H,8-11H2,(H,26,27)(H,22,23,25). The van der Waals surface area contributed by atoms with E-state index in [4.69, 9.17) is 5.11 Å². The van der Waals surface area contributed by atoms with Crippen molar-refractivity contribution in [3.05, 3.63) is 65.1 Å². The SMILES string of the molecule is O=C(Nc1cccc(C(F)=C2CCN(C(=O)O)CC2)n1)c1ccc(F)cc1.